The Bertz CT molecular complexity index is 973. The van der Waals surface area contributed by atoms with E-state index in [2.05, 4.69) is 21.3 Å². The zero-order chi connectivity index (χ0) is 28.9. The zero-order valence-electron chi connectivity index (χ0n) is 25.1. The maximum atomic E-state index is 12.0. The van der Waals surface area contributed by atoms with Gasteiger partial charge in [0.15, 0.2) is 5.78 Å². The van der Waals surface area contributed by atoms with E-state index >= 15 is 0 Å². The molecular weight excluding hydrogens is 675 g/mol. The molecule has 0 aromatic heterocycles. The number of carbonyl (C=O) groups excluding carboxylic acids is 5. The third-order valence-electron chi connectivity index (χ3n) is 5.31. The molecule has 0 unspecified atom stereocenters. The van der Waals surface area contributed by atoms with E-state index in [1.165, 1.54) is 6.08 Å². The number of Topliss-reactive ketones (excluding diaryl/α,β-unsaturated/α-hetero) is 1. The van der Waals surface area contributed by atoms with E-state index in [1.54, 1.807) is 45.2 Å². The summed E-state index contributed by atoms with van der Waals surface area (Å²) < 4.78 is 10.4. The van der Waals surface area contributed by atoms with Crippen molar-refractivity contribution in [1.82, 2.24) is 10.6 Å². The van der Waals surface area contributed by atoms with Crippen LogP contribution in [0.1, 0.15) is 57.9 Å². The van der Waals surface area contributed by atoms with Crippen LogP contribution < -0.4 is 127 Å². The predicted octanol–water partition coefficient (Wildman–Crippen LogP) is -1.97. The molecule has 11 nitrogen and oxygen atoms in total. The monoisotopic (exact) mass is 714 g/mol. The summed E-state index contributed by atoms with van der Waals surface area (Å²) in [6.45, 7) is 4.72. The molecule has 0 heterocycles. The van der Waals surface area contributed by atoms with Crippen molar-refractivity contribution in [3.8, 4) is 0 Å². The summed E-state index contributed by atoms with van der Waals surface area (Å²) in [6, 6.07) is 6.68. The van der Waals surface area contributed by atoms with Crippen LogP contribution in [0.2, 0.25) is 0 Å². The Labute approximate surface area is 341 Å². The summed E-state index contributed by atoms with van der Waals surface area (Å²) in [6.07, 6.45) is 4.39. The normalized spacial score (nSPS) is 10.4. The number of ether oxygens (including phenoxy) is 2. The molecule has 0 aliphatic heterocycles. The van der Waals surface area contributed by atoms with Crippen molar-refractivity contribution in [3.63, 3.8) is 0 Å². The first kappa shape index (κ1) is 43.0. The predicted molar refractivity (Wildman–Crippen MR) is 148 cm³/mol. The van der Waals surface area contributed by atoms with Crippen molar-refractivity contribution < 1.29 is 150 Å². The van der Waals surface area contributed by atoms with Gasteiger partial charge in [-0.05, 0) is 32.3 Å². The van der Waals surface area contributed by atoms with Crippen molar-refractivity contribution in [2.24, 2.45) is 0 Å². The Morgan fingerprint density at radius 1 is 0.878 bits per heavy atom. The van der Waals surface area contributed by atoms with Crippen LogP contribution in [0.5, 0.6) is 0 Å². The number of allylic oxidation sites excluding steroid dienone is 2. The van der Waals surface area contributed by atoms with E-state index in [0.717, 1.165) is 30.5 Å². The molecule has 1 rings (SSSR count). The van der Waals surface area contributed by atoms with Gasteiger partial charge in [-0.3, -0.25) is 4.79 Å². The van der Waals surface area contributed by atoms with Gasteiger partial charge < -0.3 is 45.1 Å². The van der Waals surface area contributed by atoms with Gasteiger partial charge in [0.05, 0.1) is 18.4 Å². The fraction of sp³-hybridized carbons (Fsp3) is 0.536. The average Bonchev–Trinajstić information content (AvgIpc) is 2.88. The molecule has 0 aliphatic carbocycles. The number of nitrogens with one attached hydrogen (secondary N) is 2. The van der Waals surface area contributed by atoms with Gasteiger partial charge in [-0.1, -0.05) is 30.7 Å². The van der Waals surface area contributed by atoms with Crippen molar-refractivity contribution >= 4 is 35.2 Å². The Kier molecular flexibility index (Phi) is 28.8. The molecular formula is C28H40N4O7Rb2. The molecule has 1 aromatic carbocycles. The molecule has 0 spiro atoms. The van der Waals surface area contributed by atoms with Gasteiger partial charge in [0.1, 0.15) is 5.78 Å². The molecule has 0 saturated carbocycles. The van der Waals surface area contributed by atoms with Crippen molar-refractivity contribution in [2.75, 3.05) is 40.0 Å². The van der Waals surface area contributed by atoms with Crippen LogP contribution in [0.25, 0.3) is 10.6 Å². The van der Waals surface area contributed by atoms with E-state index in [0.29, 0.717) is 31.7 Å². The van der Waals surface area contributed by atoms with E-state index in [-0.39, 0.29) is 154 Å². The largest absolute Gasteiger partial charge is 1.00 e. The summed E-state index contributed by atoms with van der Waals surface area (Å²) in [5, 5.41) is 13.2. The van der Waals surface area contributed by atoms with Crippen LogP contribution in [0.15, 0.2) is 36.0 Å². The topological polar surface area (TPSA) is 156 Å². The van der Waals surface area contributed by atoms with Crippen molar-refractivity contribution in [3.05, 3.63) is 52.2 Å². The quantitative estimate of drug-likeness (QED) is 0.0896. The summed E-state index contributed by atoms with van der Waals surface area (Å²) in [7, 11) is 1.74. The van der Waals surface area contributed by atoms with Gasteiger partial charge in [0.25, 0.3) is 0 Å². The van der Waals surface area contributed by atoms with Crippen LogP contribution in [0, 0.1) is 0 Å². The second-order valence-corrected chi connectivity index (χ2v) is 8.89. The first-order chi connectivity index (χ1) is 18.7. The molecule has 0 aliphatic rings. The standard InChI is InChI=1S/C28H42N4O7.2Rb/c1-21(29-3)18-25(34)19-23-9-11-24(12-10-23)32-27(36)20-26(35)30-14-17-38-15-7-16-39-28(37)31-13-6-4-5-8-22(2)33;;/h9-12,18H,4-8,13-17,19-20H2,1-3H3,(H4,29,30,31,32,34,35,36,37);;/q;2*+1/p-2. The van der Waals surface area contributed by atoms with Crippen LogP contribution >= 0.6 is 0 Å². The van der Waals surface area contributed by atoms with Gasteiger partial charge in [0, 0.05) is 64.3 Å². The Hall–Kier alpha value is -0.120. The van der Waals surface area contributed by atoms with Crippen LogP contribution in [0.3, 0.4) is 0 Å². The van der Waals surface area contributed by atoms with Gasteiger partial charge in [-0.2, -0.15) is 0 Å². The smallest absolute Gasteiger partial charge is 0.651 e. The molecule has 2 N–H and O–H groups in total. The van der Waals surface area contributed by atoms with Gasteiger partial charge >= 0.3 is 122 Å². The fourth-order valence-corrected chi connectivity index (χ4v) is 3.20. The summed E-state index contributed by atoms with van der Waals surface area (Å²) in [5.41, 5.74) is 1.96. The Balaban J connectivity index is 0. The van der Waals surface area contributed by atoms with E-state index in [9.17, 15) is 24.0 Å². The van der Waals surface area contributed by atoms with Gasteiger partial charge in [0.2, 0.25) is 0 Å². The minimum absolute atomic E-state index is 0. The van der Waals surface area contributed by atoms with Gasteiger partial charge in [-0.25, -0.2) is 4.79 Å². The molecule has 13 heteroatoms. The number of rotatable bonds is 20. The van der Waals surface area contributed by atoms with E-state index in [4.69, 9.17) is 9.47 Å². The second kappa shape index (κ2) is 27.4. The summed E-state index contributed by atoms with van der Waals surface area (Å²) in [5.74, 6) is -1.05. The number of alkyl carbamates (subject to hydrolysis) is 1. The molecule has 0 fully saturated rings. The summed E-state index contributed by atoms with van der Waals surface area (Å²) >= 11 is 0. The number of amides is 3. The average molecular weight is 716 g/mol. The number of nitrogens with zero attached hydrogens (tertiary/aromatic N) is 2. The van der Waals surface area contributed by atoms with Gasteiger partial charge in [-0.15, -0.1) is 12.2 Å². The SMILES string of the molecule is CN/C(C)=C\C(=O)Cc1ccc([N-]C(=O)CC(=O)[N-]CCOCCCOC(=O)NCCCCCC(C)=O)cc1.[Rb+].[Rb+]. The number of benzene rings is 1. The van der Waals surface area contributed by atoms with E-state index in [1.807, 2.05) is 0 Å². The third kappa shape index (κ3) is 25.0. The minimum Gasteiger partial charge on any atom is -0.651 e. The second-order valence-electron chi connectivity index (χ2n) is 8.89. The molecule has 41 heavy (non-hydrogen) atoms. The molecule has 3 amide bonds. The third-order valence-corrected chi connectivity index (χ3v) is 5.31. The van der Waals surface area contributed by atoms with Crippen LogP contribution in [-0.2, 0) is 35.1 Å². The molecule has 1 aromatic rings. The number of hydrogen-bond acceptors (Lipinski definition) is 8. The van der Waals surface area contributed by atoms with Crippen molar-refractivity contribution in [1.29, 1.82) is 0 Å². The molecule has 0 saturated heterocycles. The molecule has 0 radical (unpaired) electrons. The number of unbranched alkanes of at least 4 members (excludes halogenated alkanes) is 2. The number of ketones is 2. The maximum Gasteiger partial charge on any atom is 1.00 e. The number of hydrogen-bond donors (Lipinski definition) is 2. The first-order valence-corrected chi connectivity index (χ1v) is 13.1. The minimum atomic E-state index is -0.604. The first-order valence-electron chi connectivity index (χ1n) is 13.1. The number of carbonyl (C=O) groups is 5. The summed E-state index contributed by atoms with van der Waals surface area (Å²) in [4.78, 5) is 58.3. The van der Waals surface area contributed by atoms with Crippen LogP contribution in [-0.4, -0.2) is 69.4 Å². The zero-order valence-corrected chi connectivity index (χ0v) is 35.0. The fourth-order valence-electron chi connectivity index (χ4n) is 3.20. The maximum absolute atomic E-state index is 12.0. The van der Waals surface area contributed by atoms with E-state index < -0.39 is 24.3 Å². The Morgan fingerprint density at radius 3 is 2.24 bits per heavy atom. The molecule has 0 bridgehead atoms. The van der Waals surface area contributed by atoms with Crippen LogP contribution in [0.4, 0.5) is 10.5 Å². The van der Waals surface area contributed by atoms with Crippen molar-refractivity contribution in [2.45, 2.75) is 58.8 Å². The Morgan fingerprint density at radius 2 is 1.59 bits per heavy atom. The molecule has 216 valence electrons. The molecule has 0 atom stereocenters.